The molecule has 1 aliphatic carbocycles. The number of carbonyl (C=O) groups excluding carboxylic acids is 1. The molecule has 3 heteroatoms. The molecule has 2 N–H and O–H groups in total. The van der Waals surface area contributed by atoms with Gasteiger partial charge in [0.2, 0.25) is 5.91 Å². The van der Waals surface area contributed by atoms with Crippen LogP contribution in [0, 0.1) is 5.92 Å². The van der Waals surface area contributed by atoms with Crippen molar-refractivity contribution in [2.45, 2.75) is 38.1 Å². The molecule has 18 heavy (non-hydrogen) atoms. The lowest BCUT2D eigenvalue weighted by atomic mass is 10.0. The Morgan fingerprint density at radius 1 is 1.22 bits per heavy atom. The first-order valence-corrected chi connectivity index (χ1v) is 6.98. The third-order valence-electron chi connectivity index (χ3n) is 4.17. The van der Waals surface area contributed by atoms with Crippen LogP contribution < -0.4 is 10.6 Å². The molecule has 3 rings (SSSR count). The average molecular weight is 244 g/mol. The lowest BCUT2D eigenvalue weighted by Crippen LogP contribution is -2.29. The second-order valence-corrected chi connectivity index (χ2v) is 5.40. The fraction of sp³-hybridized carbons (Fsp3) is 0.533. The van der Waals surface area contributed by atoms with Crippen molar-refractivity contribution in [3.63, 3.8) is 0 Å². The maximum absolute atomic E-state index is 11.9. The van der Waals surface area contributed by atoms with Crippen LogP contribution in [-0.4, -0.2) is 12.5 Å². The molecule has 1 saturated carbocycles. The van der Waals surface area contributed by atoms with Crippen LogP contribution in [0.15, 0.2) is 24.3 Å². The zero-order chi connectivity index (χ0) is 12.4. The maximum atomic E-state index is 11.9. The molecule has 3 nitrogen and oxygen atoms in total. The van der Waals surface area contributed by atoms with E-state index in [2.05, 4.69) is 10.6 Å². The van der Waals surface area contributed by atoms with E-state index in [1.54, 1.807) is 0 Å². The molecule has 1 amide bonds. The molecule has 1 heterocycles. The van der Waals surface area contributed by atoms with Gasteiger partial charge in [0.25, 0.3) is 0 Å². The van der Waals surface area contributed by atoms with Gasteiger partial charge in [-0.1, -0.05) is 43.9 Å². The summed E-state index contributed by atoms with van der Waals surface area (Å²) in [6.07, 6.45) is 6.71. The second-order valence-electron chi connectivity index (χ2n) is 5.40. The molecule has 0 radical (unpaired) electrons. The third kappa shape index (κ3) is 2.27. The molecule has 0 saturated heterocycles. The van der Waals surface area contributed by atoms with Crippen LogP contribution in [-0.2, 0) is 4.79 Å². The summed E-state index contributed by atoms with van der Waals surface area (Å²) in [5.41, 5.74) is 2.05. The van der Waals surface area contributed by atoms with Crippen molar-refractivity contribution < 1.29 is 4.79 Å². The quantitative estimate of drug-likeness (QED) is 0.855. The standard InChI is InChI=1S/C15H20N2O/c18-15-14(12-7-3-4-8-13(12)17-15)16-10-9-11-5-1-2-6-11/h3-4,7-8,11,14,16H,1-2,5-6,9-10H2,(H,17,18). The Hall–Kier alpha value is -1.35. The molecular weight excluding hydrogens is 224 g/mol. The monoisotopic (exact) mass is 244 g/mol. The Kier molecular flexibility index (Phi) is 3.33. The van der Waals surface area contributed by atoms with Crippen LogP contribution in [0.2, 0.25) is 0 Å². The Labute approximate surface area is 108 Å². The van der Waals surface area contributed by atoms with E-state index in [4.69, 9.17) is 0 Å². The summed E-state index contributed by atoms with van der Waals surface area (Å²) in [7, 11) is 0. The maximum Gasteiger partial charge on any atom is 0.246 e. The van der Waals surface area contributed by atoms with Gasteiger partial charge in [-0.15, -0.1) is 0 Å². The zero-order valence-corrected chi connectivity index (χ0v) is 10.6. The van der Waals surface area contributed by atoms with Crippen LogP contribution in [0.1, 0.15) is 43.7 Å². The lowest BCUT2D eigenvalue weighted by molar-refractivity contribution is -0.117. The number of carbonyl (C=O) groups is 1. The zero-order valence-electron chi connectivity index (χ0n) is 10.6. The molecule has 1 fully saturated rings. The van der Waals surface area contributed by atoms with Crippen molar-refractivity contribution >= 4 is 11.6 Å². The smallest absolute Gasteiger partial charge is 0.246 e. The largest absolute Gasteiger partial charge is 0.324 e. The van der Waals surface area contributed by atoms with E-state index in [0.717, 1.165) is 23.7 Å². The van der Waals surface area contributed by atoms with Crippen LogP contribution in [0.3, 0.4) is 0 Å². The van der Waals surface area contributed by atoms with Crippen LogP contribution in [0.5, 0.6) is 0 Å². The Morgan fingerprint density at radius 3 is 2.83 bits per heavy atom. The van der Waals surface area contributed by atoms with Crippen molar-refractivity contribution in [1.82, 2.24) is 5.32 Å². The van der Waals surface area contributed by atoms with Crippen molar-refractivity contribution in [1.29, 1.82) is 0 Å². The van der Waals surface area contributed by atoms with E-state index < -0.39 is 0 Å². The molecule has 96 valence electrons. The van der Waals surface area contributed by atoms with Gasteiger partial charge in [-0.25, -0.2) is 0 Å². The predicted molar refractivity (Wildman–Crippen MR) is 72.4 cm³/mol. The number of hydrogen-bond acceptors (Lipinski definition) is 2. The van der Waals surface area contributed by atoms with Gasteiger partial charge in [-0.2, -0.15) is 0 Å². The Balaban J connectivity index is 1.57. The molecule has 1 aromatic rings. The van der Waals surface area contributed by atoms with Crippen LogP contribution >= 0.6 is 0 Å². The number of anilines is 1. The van der Waals surface area contributed by atoms with Crippen molar-refractivity contribution in [3.05, 3.63) is 29.8 Å². The van der Waals surface area contributed by atoms with Gasteiger partial charge in [0.05, 0.1) is 0 Å². The number of amides is 1. The summed E-state index contributed by atoms with van der Waals surface area (Å²) in [6.45, 7) is 0.942. The summed E-state index contributed by atoms with van der Waals surface area (Å²) in [5, 5.41) is 6.33. The summed E-state index contributed by atoms with van der Waals surface area (Å²) >= 11 is 0. The molecule has 0 spiro atoms. The fourth-order valence-electron chi connectivity index (χ4n) is 3.14. The van der Waals surface area contributed by atoms with E-state index in [-0.39, 0.29) is 11.9 Å². The number of nitrogens with one attached hydrogen (secondary N) is 2. The minimum absolute atomic E-state index is 0.0858. The van der Waals surface area contributed by atoms with E-state index in [1.807, 2.05) is 24.3 Å². The first kappa shape index (κ1) is 11.7. The minimum atomic E-state index is -0.150. The molecule has 1 aliphatic heterocycles. The van der Waals surface area contributed by atoms with Gasteiger partial charge in [0, 0.05) is 11.3 Å². The van der Waals surface area contributed by atoms with Gasteiger partial charge >= 0.3 is 0 Å². The lowest BCUT2D eigenvalue weighted by Gasteiger charge is -2.14. The summed E-state index contributed by atoms with van der Waals surface area (Å²) < 4.78 is 0. The SMILES string of the molecule is O=C1Nc2ccccc2C1NCCC1CCCC1. The summed E-state index contributed by atoms with van der Waals surface area (Å²) in [6, 6.07) is 7.79. The van der Waals surface area contributed by atoms with E-state index in [0.29, 0.717) is 0 Å². The van der Waals surface area contributed by atoms with E-state index in [9.17, 15) is 4.79 Å². The van der Waals surface area contributed by atoms with Crippen LogP contribution in [0.25, 0.3) is 0 Å². The van der Waals surface area contributed by atoms with Crippen molar-refractivity contribution in [3.8, 4) is 0 Å². The van der Waals surface area contributed by atoms with E-state index >= 15 is 0 Å². The van der Waals surface area contributed by atoms with Crippen LogP contribution in [0.4, 0.5) is 5.69 Å². The molecule has 1 atom stereocenters. The van der Waals surface area contributed by atoms with E-state index in [1.165, 1.54) is 32.1 Å². The molecule has 2 aliphatic rings. The topological polar surface area (TPSA) is 41.1 Å². The van der Waals surface area contributed by atoms with Crippen molar-refractivity contribution in [2.24, 2.45) is 5.92 Å². The molecule has 0 bridgehead atoms. The number of rotatable bonds is 4. The molecule has 1 aromatic carbocycles. The highest BCUT2D eigenvalue weighted by Crippen LogP contribution is 2.31. The second kappa shape index (κ2) is 5.11. The Morgan fingerprint density at radius 2 is 2.00 bits per heavy atom. The van der Waals surface area contributed by atoms with Gasteiger partial charge in [0.1, 0.15) is 6.04 Å². The Bertz CT molecular complexity index is 438. The fourth-order valence-corrected chi connectivity index (χ4v) is 3.14. The minimum Gasteiger partial charge on any atom is -0.324 e. The number of hydrogen-bond donors (Lipinski definition) is 2. The normalized spacial score (nSPS) is 23.1. The first-order chi connectivity index (χ1) is 8.84. The van der Waals surface area contributed by atoms with Gasteiger partial charge in [-0.05, 0) is 24.9 Å². The average Bonchev–Trinajstić information content (AvgIpc) is 2.98. The first-order valence-electron chi connectivity index (χ1n) is 6.98. The summed E-state index contributed by atoms with van der Waals surface area (Å²) in [5.74, 6) is 0.958. The highest BCUT2D eigenvalue weighted by Gasteiger charge is 2.29. The highest BCUT2D eigenvalue weighted by molar-refractivity contribution is 6.02. The highest BCUT2D eigenvalue weighted by atomic mass is 16.2. The van der Waals surface area contributed by atoms with Crippen molar-refractivity contribution in [2.75, 3.05) is 11.9 Å². The molecule has 0 aromatic heterocycles. The van der Waals surface area contributed by atoms with Gasteiger partial charge in [-0.3, -0.25) is 4.79 Å². The number of para-hydroxylation sites is 1. The number of fused-ring (bicyclic) bond motifs is 1. The summed E-state index contributed by atoms with van der Waals surface area (Å²) in [4.78, 5) is 11.9. The van der Waals surface area contributed by atoms with Gasteiger partial charge in [0.15, 0.2) is 0 Å². The van der Waals surface area contributed by atoms with Gasteiger partial charge < -0.3 is 10.6 Å². The molecular formula is C15H20N2O. The molecule has 1 unspecified atom stereocenters. The number of benzene rings is 1. The third-order valence-corrected chi connectivity index (χ3v) is 4.17. The predicted octanol–water partition coefficient (Wildman–Crippen LogP) is 2.85.